The maximum Gasteiger partial charge on any atom is 0.107 e. The van der Waals surface area contributed by atoms with Gasteiger partial charge >= 0.3 is 0 Å². The van der Waals surface area contributed by atoms with Crippen molar-refractivity contribution in [3.63, 3.8) is 0 Å². The van der Waals surface area contributed by atoms with Crippen molar-refractivity contribution in [1.82, 2.24) is 15.1 Å². The molecule has 0 atom stereocenters. The maximum atomic E-state index is 10.8. The van der Waals surface area contributed by atoms with Crippen molar-refractivity contribution in [3.8, 4) is 0 Å². The lowest BCUT2D eigenvalue weighted by molar-refractivity contribution is -0.0159. The van der Waals surface area contributed by atoms with Crippen LogP contribution in [0.4, 0.5) is 0 Å². The fourth-order valence-electron chi connectivity index (χ4n) is 2.69. The normalized spacial score (nSPS) is 29.5. The summed E-state index contributed by atoms with van der Waals surface area (Å²) in [6, 6.07) is 0.534. The largest absolute Gasteiger partial charge is 0.384 e. The minimum atomic E-state index is -0.724. The summed E-state index contributed by atoms with van der Waals surface area (Å²) in [6.07, 6.45) is 5.38. The van der Waals surface area contributed by atoms with Crippen LogP contribution in [0.25, 0.3) is 0 Å². The number of rotatable bonds is 3. The van der Waals surface area contributed by atoms with Gasteiger partial charge in [0.1, 0.15) is 5.60 Å². The highest BCUT2D eigenvalue weighted by Gasteiger charge is 2.38. The average Bonchev–Trinajstić information content (AvgIpc) is 2.72. The lowest BCUT2D eigenvalue weighted by Gasteiger charge is -2.36. The van der Waals surface area contributed by atoms with Crippen molar-refractivity contribution in [2.75, 3.05) is 7.05 Å². The molecule has 0 aliphatic heterocycles. The van der Waals surface area contributed by atoms with Gasteiger partial charge in [0.15, 0.2) is 0 Å². The predicted molar refractivity (Wildman–Crippen MR) is 70.8 cm³/mol. The van der Waals surface area contributed by atoms with Crippen LogP contribution >= 0.6 is 15.9 Å². The Balaban J connectivity index is 2.24. The molecule has 1 aliphatic rings. The lowest BCUT2D eigenvalue weighted by atomic mass is 9.80. The van der Waals surface area contributed by atoms with E-state index in [1.54, 1.807) is 6.20 Å². The molecular weight excluding hydrogens is 282 g/mol. The Labute approximate surface area is 111 Å². The monoisotopic (exact) mass is 301 g/mol. The van der Waals surface area contributed by atoms with E-state index in [1.165, 1.54) is 0 Å². The summed E-state index contributed by atoms with van der Waals surface area (Å²) >= 11 is 3.50. The highest BCUT2D eigenvalue weighted by Crippen LogP contribution is 2.40. The molecule has 1 aromatic rings. The topological polar surface area (TPSA) is 50.1 Å². The number of nitrogens with zero attached hydrogens (tertiary/aromatic N) is 2. The number of aromatic nitrogens is 2. The van der Waals surface area contributed by atoms with Crippen LogP contribution in [0.15, 0.2) is 10.7 Å². The molecule has 4 nitrogen and oxygen atoms in total. The average molecular weight is 302 g/mol. The zero-order valence-corrected chi connectivity index (χ0v) is 12.0. The summed E-state index contributed by atoms with van der Waals surface area (Å²) < 4.78 is 2.81. The Bertz CT molecular complexity index is 383. The fraction of sp³-hybridized carbons (Fsp3) is 0.750. The fourth-order valence-corrected chi connectivity index (χ4v) is 3.35. The molecule has 0 bridgehead atoms. The number of halogens is 1. The Kier molecular flexibility index (Phi) is 3.90. The van der Waals surface area contributed by atoms with Crippen molar-refractivity contribution in [2.24, 2.45) is 0 Å². The van der Waals surface area contributed by atoms with E-state index >= 15 is 0 Å². The van der Waals surface area contributed by atoms with E-state index in [4.69, 9.17) is 0 Å². The molecule has 2 rings (SSSR count). The van der Waals surface area contributed by atoms with E-state index in [-0.39, 0.29) is 0 Å². The second-order valence-corrected chi connectivity index (χ2v) is 5.61. The Morgan fingerprint density at radius 2 is 2.24 bits per heavy atom. The molecule has 1 fully saturated rings. The zero-order chi connectivity index (χ0) is 12.5. The summed E-state index contributed by atoms with van der Waals surface area (Å²) in [5.41, 5.74) is 0.216. The standard InChI is InChI=1S/C12H20BrN3O/c1-3-16-11(10(13)8-15-16)12(17)6-4-9(14-2)5-7-12/h8-9,14,17H,3-7H2,1-2H3. The van der Waals surface area contributed by atoms with Gasteiger partial charge in [-0.2, -0.15) is 5.10 Å². The first kappa shape index (κ1) is 13.1. The van der Waals surface area contributed by atoms with Gasteiger partial charge in [0.2, 0.25) is 0 Å². The molecule has 0 spiro atoms. The minimum absolute atomic E-state index is 0.534. The molecular formula is C12H20BrN3O. The van der Waals surface area contributed by atoms with E-state index < -0.39 is 5.60 Å². The van der Waals surface area contributed by atoms with E-state index in [0.29, 0.717) is 6.04 Å². The van der Waals surface area contributed by atoms with Crippen molar-refractivity contribution in [2.45, 2.75) is 50.8 Å². The second kappa shape index (κ2) is 5.08. The number of hydrogen-bond donors (Lipinski definition) is 2. The van der Waals surface area contributed by atoms with Crippen LogP contribution in [0.3, 0.4) is 0 Å². The Morgan fingerprint density at radius 3 is 2.76 bits per heavy atom. The third-order valence-corrected chi connectivity index (χ3v) is 4.34. The molecule has 17 heavy (non-hydrogen) atoms. The first-order valence-electron chi connectivity index (χ1n) is 6.22. The van der Waals surface area contributed by atoms with Gasteiger partial charge < -0.3 is 10.4 Å². The van der Waals surface area contributed by atoms with E-state index in [0.717, 1.165) is 42.4 Å². The molecule has 1 saturated carbocycles. The molecule has 1 aliphatic carbocycles. The summed E-state index contributed by atoms with van der Waals surface area (Å²) in [5, 5.41) is 18.4. The summed E-state index contributed by atoms with van der Waals surface area (Å²) in [6.45, 7) is 2.84. The molecule has 0 radical (unpaired) electrons. The molecule has 1 heterocycles. The van der Waals surface area contributed by atoms with Crippen LogP contribution in [-0.2, 0) is 12.1 Å². The van der Waals surface area contributed by atoms with Crippen LogP contribution in [-0.4, -0.2) is 28.0 Å². The number of hydrogen-bond acceptors (Lipinski definition) is 3. The molecule has 0 saturated heterocycles. The van der Waals surface area contributed by atoms with E-state index in [2.05, 4.69) is 26.3 Å². The first-order chi connectivity index (χ1) is 8.10. The zero-order valence-electron chi connectivity index (χ0n) is 10.4. The second-order valence-electron chi connectivity index (χ2n) is 4.75. The van der Waals surface area contributed by atoms with Gasteiger partial charge in [-0.3, -0.25) is 4.68 Å². The summed E-state index contributed by atoms with van der Waals surface area (Å²) in [4.78, 5) is 0. The molecule has 0 aromatic carbocycles. The molecule has 0 amide bonds. The molecule has 1 aromatic heterocycles. The van der Waals surface area contributed by atoms with Crippen LogP contribution in [0.1, 0.15) is 38.3 Å². The van der Waals surface area contributed by atoms with Crippen LogP contribution in [0.2, 0.25) is 0 Å². The van der Waals surface area contributed by atoms with Gasteiger partial charge in [-0.25, -0.2) is 0 Å². The summed E-state index contributed by atoms with van der Waals surface area (Å²) in [7, 11) is 1.99. The Hall–Kier alpha value is -0.390. The molecule has 0 unspecified atom stereocenters. The van der Waals surface area contributed by atoms with Crippen LogP contribution in [0.5, 0.6) is 0 Å². The van der Waals surface area contributed by atoms with Crippen LogP contribution < -0.4 is 5.32 Å². The highest BCUT2D eigenvalue weighted by atomic mass is 79.9. The maximum absolute atomic E-state index is 10.8. The molecule has 5 heteroatoms. The van der Waals surface area contributed by atoms with Gasteiger partial charge in [0.05, 0.1) is 16.4 Å². The van der Waals surface area contributed by atoms with Crippen molar-refractivity contribution >= 4 is 15.9 Å². The Morgan fingerprint density at radius 1 is 1.59 bits per heavy atom. The molecule has 96 valence electrons. The number of aliphatic hydroxyl groups is 1. The van der Waals surface area contributed by atoms with Crippen LogP contribution in [0, 0.1) is 0 Å². The third kappa shape index (κ3) is 2.41. The molecule has 2 N–H and O–H groups in total. The van der Waals surface area contributed by atoms with Gasteiger partial charge in [0.25, 0.3) is 0 Å². The van der Waals surface area contributed by atoms with Crippen molar-refractivity contribution in [1.29, 1.82) is 0 Å². The van der Waals surface area contributed by atoms with Gasteiger partial charge in [-0.1, -0.05) is 0 Å². The van der Waals surface area contributed by atoms with E-state index in [1.807, 2.05) is 18.7 Å². The number of nitrogens with one attached hydrogen (secondary N) is 1. The van der Waals surface area contributed by atoms with Crippen molar-refractivity contribution < 1.29 is 5.11 Å². The van der Waals surface area contributed by atoms with Gasteiger partial charge in [0, 0.05) is 12.6 Å². The SMILES string of the molecule is CCn1ncc(Br)c1C1(O)CCC(NC)CC1. The van der Waals surface area contributed by atoms with Crippen molar-refractivity contribution in [3.05, 3.63) is 16.4 Å². The van der Waals surface area contributed by atoms with Gasteiger partial charge in [-0.05, 0) is 55.6 Å². The third-order valence-electron chi connectivity index (χ3n) is 3.76. The minimum Gasteiger partial charge on any atom is -0.384 e. The predicted octanol–water partition coefficient (Wildman–Crippen LogP) is 2.02. The smallest absolute Gasteiger partial charge is 0.107 e. The van der Waals surface area contributed by atoms with Gasteiger partial charge in [-0.15, -0.1) is 0 Å². The lowest BCUT2D eigenvalue weighted by Crippen LogP contribution is -2.39. The number of aryl methyl sites for hydroxylation is 1. The quantitative estimate of drug-likeness (QED) is 0.898. The van der Waals surface area contributed by atoms with E-state index in [9.17, 15) is 5.11 Å². The first-order valence-corrected chi connectivity index (χ1v) is 7.01. The highest BCUT2D eigenvalue weighted by molar-refractivity contribution is 9.10. The summed E-state index contributed by atoms with van der Waals surface area (Å²) in [5.74, 6) is 0.